The van der Waals surface area contributed by atoms with Gasteiger partial charge in [-0.1, -0.05) is 24.3 Å². The maximum absolute atomic E-state index is 12.6. The van der Waals surface area contributed by atoms with Gasteiger partial charge < -0.3 is 19.9 Å². The van der Waals surface area contributed by atoms with E-state index in [-0.39, 0.29) is 22.6 Å². The average molecular weight is 442 g/mol. The van der Waals surface area contributed by atoms with E-state index >= 15 is 0 Å². The van der Waals surface area contributed by atoms with Crippen LogP contribution in [-0.2, 0) is 4.79 Å². The van der Waals surface area contributed by atoms with Crippen molar-refractivity contribution in [1.29, 1.82) is 5.26 Å². The summed E-state index contributed by atoms with van der Waals surface area (Å²) in [5.74, 6) is -1.75. The number of carboxylic acid groups (broad SMARTS) is 1. The fourth-order valence-electron chi connectivity index (χ4n) is 2.81. The lowest BCUT2D eigenvalue weighted by Gasteiger charge is -2.09. The molecule has 0 saturated heterocycles. The molecule has 3 aromatic carbocycles. The molecule has 0 aliphatic rings. The monoisotopic (exact) mass is 442 g/mol. The third kappa shape index (κ3) is 5.83. The summed E-state index contributed by atoms with van der Waals surface area (Å²) in [6.45, 7) is 0. The molecular formula is C25H18N2O6. The zero-order chi connectivity index (χ0) is 23.8. The Morgan fingerprint density at radius 2 is 1.70 bits per heavy atom. The number of amides is 1. The minimum absolute atomic E-state index is 0.00826. The molecule has 0 heterocycles. The molecule has 0 aliphatic heterocycles. The average Bonchev–Trinajstić information content (AvgIpc) is 2.83. The van der Waals surface area contributed by atoms with E-state index in [2.05, 4.69) is 5.32 Å². The predicted molar refractivity (Wildman–Crippen MR) is 120 cm³/mol. The van der Waals surface area contributed by atoms with E-state index in [1.54, 1.807) is 42.5 Å². The fraction of sp³-hybridized carbons (Fsp3) is 0.0400. The van der Waals surface area contributed by atoms with E-state index in [0.717, 1.165) is 0 Å². The zero-order valence-electron chi connectivity index (χ0n) is 17.4. The van der Waals surface area contributed by atoms with E-state index < -0.39 is 17.8 Å². The number of hydrogen-bond donors (Lipinski definition) is 2. The maximum Gasteiger partial charge on any atom is 0.343 e. The Kier molecular flexibility index (Phi) is 7.19. The summed E-state index contributed by atoms with van der Waals surface area (Å²) in [6.07, 6.45) is 1.28. The molecule has 0 spiro atoms. The fourth-order valence-corrected chi connectivity index (χ4v) is 2.81. The molecule has 0 aromatic heterocycles. The van der Waals surface area contributed by atoms with Crippen LogP contribution in [0, 0.1) is 11.3 Å². The number of hydrogen-bond acceptors (Lipinski definition) is 6. The van der Waals surface area contributed by atoms with Crippen molar-refractivity contribution in [1.82, 2.24) is 0 Å². The van der Waals surface area contributed by atoms with Crippen LogP contribution in [0.3, 0.4) is 0 Å². The molecule has 0 saturated carbocycles. The molecular weight excluding hydrogens is 424 g/mol. The lowest BCUT2D eigenvalue weighted by Crippen LogP contribution is -2.14. The van der Waals surface area contributed by atoms with Crippen LogP contribution >= 0.6 is 0 Å². The first kappa shape index (κ1) is 22.8. The molecule has 0 bridgehead atoms. The molecule has 8 nitrogen and oxygen atoms in total. The summed E-state index contributed by atoms with van der Waals surface area (Å²) >= 11 is 0. The SMILES string of the molecule is COc1ccc(C(=O)Oc2ccccc2C=C(C#N)C(=O)Nc2cccc(C(=O)O)c2)cc1. The Balaban J connectivity index is 1.82. The van der Waals surface area contributed by atoms with Crippen LogP contribution in [0.4, 0.5) is 5.69 Å². The van der Waals surface area contributed by atoms with Gasteiger partial charge in [0.05, 0.1) is 18.2 Å². The van der Waals surface area contributed by atoms with Gasteiger partial charge in [0.2, 0.25) is 0 Å². The Morgan fingerprint density at radius 3 is 2.36 bits per heavy atom. The highest BCUT2D eigenvalue weighted by molar-refractivity contribution is 6.10. The highest BCUT2D eigenvalue weighted by Crippen LogP contribution is 2.23. The van der Waals surface area contributed by atoms with Crippen molar-refractivity contribution in [2.45, 2.75) is 0 Å². The number of rotatable bonds is 7. The number of carbonyl (C=O) groups excluding carboxylic acids is 2. The van der Waals surface area contributed by atoms with Crippen LogP contribution < -0.4 is 14.8 Å². The molecule has 2 N–H and O–H groups in total. The molecule has 0 unspecified atom stereocenters. The minimum atomic E-state index is -1.14. The van der Waals surface area contributed by atoms with Gasteiger partial charge in [-0.15, -0.1) is 0 Å². The van der Waals surface area contributed by atoms with Crippen molar-refractivity contribution in [3.8, 4) is 17.6 Å². The molecule has 0 atom stereocenters. The molecule has 164 valence electrons. The minimum Gasteiger partial charge on any atom is -0.497 e. The second kappa shape index (κ2) is 10.4. The number of methoxy groups -OCH3 is 1. The number of para-hydroxylation sites is 1. The molecule has 0 fully saturated rings. The van der Waals surface area contributed by atoms with Crippen molar-refractivity contribution in [3.63, 3.8) is 0 Å². The smallest absolute Gasteiger partial charge is 0.343 e. The second-order valence-electron chi connectivity index (χ2n) is 6.67. The summed E-state index contributed by atoms with van der Waals surface area (Å²) in [5.41, 5.74) is 0.589. The third-order valence-corrected chi connectivity index (χ3v) is 4.48. The number of nitrogens with one attached hydrogen (secondary N) is 1. The summed E-state index contributed by atoms with van der Waals surface area (Å²) in [5, 5.41) is 21.1. The third-order valence-electron chi connectivity index (χ3n) is 4.48. The number of anilines is 1. The predicted octanol–water partition coefficient (Wildman–Crippen LogP) is 4.16. The highest BCUT2D eigenvalue weighted by atomic mass is 16.5. The largest absolute Gasteiger partial charge is 0.497 e. The summed E-state index contributed by atoms with van der Waals surface area (Å²) in [6, 6.07) is 20.3. The number of nitriles is 1. The van der Waals surface area contributed by atoms with E-state index in [1.807, 2.05) is 6.07 Å². The number of carbonyl (C=O) groups is 3. The van der Waals surface area contributed by atoms with Crippen molar-refractivity contribution in [3.05, 3.63) is 95.1 Å². The second-order valence-corrected chi connectivity index (χ2v) is 6.67. The Hall–Kier alpha value is -4.90. The van der Waals surface area contributed by atoms with Gasteiger partial charge in [-0.25, -0.2) is 9.59 Å². The first-order valence-corrected chi connectivity index (χ1v) is 9.63. The van der Waals surface area contributed by atoms with Crippen molar-refractivity contribution in [2.24, 2.45) is 0 Å². The van der Waals surface area contributed by atoms with E-state index in [9.17, 15) is 19.6 Å². The van der Waals surface area contributed by atoms with Crippen molar-refractivity contribution < 1.29 is 29.0 Å². The summed E-state index contributed by atoms with van der Waals surface area (Å²) < 4.78 is 10.5. The first-order chi connectivity index (χ1) is 15.9. The van der Waals surface area contributed by atoms with Gasteiger partial charge in [0.15, 0.2) is 0 Å². The van der Waals surface area contributed by atoms with E-state index in [4.69, 9.17) is 14.6 Å². The first-order valence-electron chi connectivity index (χ1n) is 9.63. The van der Waals surface area contributed by atoms with Crippen LogP contribution in [0.25, 0.3) is 6.08 Å². The standard InChI is InChI=1S/C25H18N2O6/c1-32-21-11-9-16(10-12-21)25(31)33-22-8-3-2-5-17(22)13-19(15-26)23(28)27-20-7-4-6-18(14-20)24(29)30/h2-14H,1H3,(H,27,28)(H,29,30). The summed E-state index contributed by atoms with van der Waals surface area (Å²) in [4.78, 5) is 36.2. The molecule has 33 heavy (non-hydrogen) atoms. The van der Waals surface area contributed by atoms with E-state index in [0.29, 0.717) is 16.9 Å². The van der Waals surface area contributed by atoms with Gasteiger partial charge in [-0.3, -0.25) is 4.79 Å². The quantitative estimate of drug-likeness (QED) is 0.244. The highest BCUT2D eigenvalue weighted by Gasteiger charge is 2.15. The van der Waals surface area contributed by atoms with Gasteiger partial charge >= 0.3 is 11.9 Å². The lowest BCUT2D eigenvalue weighted by molar-refractivity contribution is -0.112. The Bertz CT molecular complexity index is 1270. The number of esters is 1. The van der Waals surface area contributed by atoms with Crippen LogP contribution in [0.15, 0.2) is 78.4 Å². The van der Waals surface area contributed by atoms with E-state index in [1.165, 1.54) is 43.5 Å². The number of aromatic carboxylic acids is 1. The van der Waals surface area contributed by atoms with Gasteiger partial charge in [-0.05, 0) is 54.6 Å². The summed E-state index contributed by atoms with van der Waals surface area (Å²) in [7, 11) is 1.52. The molecule has 3 aromatic rings. The molecule has 3 rings (SSSR count). The Morgan fingerprint density at radius 1 is 0.970 bits per heavy atom. The molecule has 0 aliphatic carbocycles. The molecule has 0 radical (unpaired) electrons. The van der Waals surface area contributed by atoms with Gasteiger partial charge in [-0.2, -0.15) is 5.26 Å². The van der Waals surface area contributed by atoms with Gasteiger partial charge in [0, 0.05) is 11.3 Å². The molecule has 8 heteroatoms. The Labute approximate surface area is 189 Å². The number of nitrogens with zero attached hydrogens (tertiary/aromatic N) is 1. The number of ether oxygens (including phenoxy) is 2. The van der Waals surface area contributed by atoms with Gasteiger partial charge in [0.25, 0.3) is 5.91 Å². The maximum atomic E-state index is 12.6. The van der Waals surface area contributed by atoms with Gasteiger partial charge in [0.1, 0.15) is 23.1 Å². The van der Waals surface area contributed by atoms with Crippen LogP contribution in [0.1, 0.15) is 26.3 Å². The number of benzene rings is 3. The van der Waals surface area contributed by atoms with Crippen molar-refractivity contribution in [2.75, 3.05) is 12.4 Å². The van der Waals surface area contributed by atoms with Crippen LogP contribution in [-0.4, -0.2) is 30.1 Å². The topological polar surface area (TPSA) is 126 Å². The van der Waals surface area contributed by atoms with Crippen LogP contribution in [0.5, 0.6) is 11.5 Å². The zero-order valence-corrected chi connectivity index (χ0v) is 17.4. The van der Waals surface area contributed by atoms with Crippen molar-refractivity contribution >= 4 is 29.6 Å². The lowest BCUT2D eigenvalue weighted by atomic mass is 10.1. The number of carboxylic acids is 1. The molecule has 1 amide bonds. The normalized spacial score (nSPS) is 10.6. The van der Waals surface area contributed by atoms with Crippen LogP contribution in [0.2, 0.25) is 0 Å².